The van der Waals surface area contributed by atoms with Crippen LogP contribution in [0.2, 0.25) is 0 Å². The molecule has 0 aromatic carbocycles. The van der Waals surface area contributed by atoms with Gasteiger partial charge in [-0.3, -0.25) is 0 Å². The van der Waals surface area contributed by atoms with Crippen LogP contribution in [0.15, 0.2) is 0 Å². The zero-order valence-corrected chi connectivity index (χ0v) is 12.7. The van der Waals surface area contributed by atoms with Crippen molar-refractivity contribution >= 4 is 17.7 Å². The van der Waals surface area contributed by atoms with Gasteiger partial charge in [0.05, 0.1) is 0 Å². The van der Waals surface area contributed by atoms with E-state index in [-0.39, 0.29) is 12.1 Å². The molecular formula is C14H24O4S. The molecule has 1 aliphatic carbocycles. The van der Waals surface area contributed by atoms with Gasteiger partial charge in [0.15, 0.2) is 6.29 Å². The van der Waals surface area contributed by atoms with E-state index in [4.69, 9.17) is 9.47 Å². The van der Waals surface area contributed by atoms with Crippen LogP contribution in [0.5, 0.6) is 0 Å². The number of thioether (sulfide) groups is 1. The molecule has 0 spiro atoms. The second-order valence-corrected chi connectivity index (χ2v) is 7.15. The Balaban J connectivity index is 1.92. The summed E-state index contributed by atoms with van der Waals surface area (Å²) in [7, 11) is 0. The Labute approximate surface area is 119 Å². The summed E-state index contributed by atoms with van der Waals surface area (Å²) in [5.41, 5.74) is -0.653. The van der Waals surface area contributed by atoms with E-state index in [1.165, 1.54) is 18.2 Å². The van der Waals surface area contributed by atoms with Crippen molar-refractivity contribution in [1.82, 2.24) is 0 Å². The van der Waals surface area contributed by atoms with Gasteiger partial charge >= 0.3 is 5.97 Å². The number of hydrogen-bond donors (Lipinski definition) is 1. The SMILES string of the molecule is CC(C)C1CC[C@@H](C)CC1OC(=O)[C@H]1O[C@@H](O)CS1. The van der Waals surface area contributed by atoms with Gasteiger partial charge in [0.2, 0.25) is 5.44 Å². The van der Waals surface area contributed by atoms with Crippen molar-refractivity contribution in [2.45, 2.75) is 57.9 Å². The van der Waals surface area contributed by atoms with Crippen LogP contribution in [0, 0.1) is 17.8 Å². The molecule has 2 aliphatic rings. The van der Waals surface area contributed by atoms with Gasteiger partial charge in [-0.15, -0.1) is 11.8 Å². The molecule has 0 aromatic heterocycles. The van der Waals surface area contributed by atoms with Crippen LogP contribution in [0.3, 0.4) is 0 Å². The van der Waals surface area contributed by atoms with Crippen LogP contribution in [-0.4, -0.2) is 34.7 Å². The molecule has 110 valence electrons. The first kappa shape index (κ1) is 15.1. The Bertz CT molecular complexity index is 321. The quantitative estimate of drug-likeness (QED) is 0.808. The molecule has 0 radical (unpaired) electrons. The second kappa shape index (κ2) is 6.46. The van der Waals surface area contributed by atoms with Gasteiger partial charge in [0.1, 0.15) is 6.10 Å². The van der Waals surface area contributed by atoms with Crippen molar-refractivity contribution in [2.75, 3.05) is 5.75 Å². The lowest BCUT2D eigenvalue weighted by atomic mass is 9.75. The highest BCUT2D eigenvalue weighted by atomic mass is 32.2. The smallest absolute Gasteiger partial charge is 0.346 e. The summed E-state index contributed by atoms with van der Waals surface area (Å²) >= 11 is 1.31. The number of rotatable bonds is 3. The number of ether oxygens (including phenoxy) is 2. The van der Waals surface area contributed by atoms with E-state index in [0.717, 1.165) is 12.8 Å². The largest absolute Gasteiger partial charge is 0.459 e. The Hall–Kier alpha value is -0.260. The number of aliphatic hydroxyl groups is 1. The lowest BCUT2D eigenvalue weighted by Gasteiger charge is -2.37. The number of esters is 1. The maximum Gasteiger partial charge on any atom is 0.346 e. The van der Waals surface area contributed by atoms with Crippen LogP contribution >= 0.6 is 11.8 Å². The van der Waals surface area contributed by atoms with Crippen molar-refractivity contribution < 1.29 is 19.4 Å². The van der Waals surface area contributed by atoms with Gasteiger partial charge < -0.3 is 14.6 Å². The molecule has 19 heavy (non-hydrogen) atoms. The molecule has 1 aliphatic heterocycles. The number of aliphatic hydroxyl groups excluding tert-OH is 1. The first-order valence-corrected chi connectivity index (χ1v) is 8.18. The van der Waals surface area contributed by atoms with Gasteiger partial charge in [-0.25, -0.2) is 4.79 Å². The van der Waals surface area contributed by atoms with Gasteiger partial charge in [0, 0.05) is 5.75 Å². The minimum Gasteiger partial charge on any atom is -0.459 e. The molecule has 2 fully saturated rings. The van der Waals surface area contributed by atoms with Crippen LogP contribution in [0.25, 0.3) is 0 Å². The first-order chi connectivity index (χ1) is 8.97. The third-order valence-electron chi connectivity index (χ3n) is 4.09. The molecule has 1 saturated heterocycles. The van der Waals surface area contributed by atoms with Crippen molar-refractivity contribution in [2.24, 2.45) is 17.8 Å². The van der Waals surface area contributed by atoms with Crippen molar-refractivity contribution in [1.29, 1.82) is 0 Å². The Kier molecular flexibility index (Phi) is 5.15. The first-order valence-electron chi connectivity index (χ1n) is 7.13. The molecule has 1 heterocycles. The number of hydrogen-bond acceptors (Lipinski definition) is 5. The third-order valence-corrected chi connectivity index (χ3v) is 5.18. The fourth-order valence-electron chi connectivity index (χ4n) is 2.97. The molecule has 2 rings (SSSR count). The van der Waals surface area contributed by atoms with E-state index in [9.17, 15) is 9.90 Å². The van der Waals surface area contributed by atoms with E-state index in [1.54, 1.807) is 0 Å². The molecule has 5 atom stereocenters. The van der Waals surface area contributed by atoms with Crippen LogP contribution in [0.4, 0.5) is 0 Å². The highest BCUT2D eigenvalue weighted by molar-refractivity contribution is 8.00. The lowest BCUT2D eigenvalue weighted by molar-refractivity contribution is -0.172. The second-order valence-electron chi connectivity index (χ2n) is 6.06. The Morgan fingerprint density at radius 1 is 1.42 bits per heavy atom. The molecule has 0 bridgehead atoms. The molecular weight excluding hydrogens is 264 g/mol. The van der Waals surface area contributed by atoms with Gasteiger partial charge in [-0.1, -0.05) is 27.2 Å². The summed E-state index contributed by atoms with van der Waals surface area (Å²) in [5.74, 6) is 1.68. The Morgan fingerprint density at radius 3 is 2.74 bits per heavy atom. The van der Waals surface area contributed by atoms with E-state index in [2.05, 4.69) is 20.8 Å². The minimum absolute atomic E-state index is 0.00167. The summed E-state index contributed by atoms with van der Waals surface area (Å²) in [6.45, 7) is 6.58. The predicted molar refractivity (Wildman–Crippen MR) is 74.6 cm³/mol. The van der Waals surface area contributed by atoms with Gasteiger partial charge in [-0.2, -0.15) is 0 Å². The van der Waals surface area contributed by atoms with Crippen molar-refractivity contribution in [3.63, 3.8) is 0 Å². The average molecular weight is 288 g/mol. The molecule has 2 unspecified atom stereocenters. The third kappa shape index (κ3) is 3.86. The highest BCUT2D eigenvalue weighted by Gasteiger charge is 2.37. The van der Waals surface area contributed by atoms with E-state index >= 15 is 0 Å². The lowest BCUT2D eigenvalue weighted by Crippen LogP contribution is -2.38. The van der Waals surface area contributed by atoms with Crippen molar-refractivity contribution in [3.05, 3.63) is 0 Å². The molecule has 0 aromatic rings. The summed E-state index contributed by atoms with van der Waals surface area (Å²) in [4.78, 5) is 12.1. The number of carbonyl (C=O) groups is 1. The normalized spacial score (nSPS) is 39.5. The van der Waals surface area contributed by atoms with E-state index < -0.39 is 11.7 Å². The maximum atomic E-state index is 12.1. The van der Waals surface area contributed by atoms with Crippen LogP contribution in [0.1, 0.15) is 40.0 Å². The fourth-order valence-corrected chi connectivity index (χ4v) is 3.79. The zero-order valence-electron chi connectivity index (χ0n) is 11.9. The maximum absolute atomic E-state index is 12.1. The van der Waals surface area contributed by atoms with E-state index in [0.29, 0.717) is 23.5 Å². The summed E-state index contributed by atoms with van der Waals surface area (Å²) in [6, 6.07) is 0. The molecule has 4 nitrogen and oxygen atoms in total. The van der Waals surface area contributed by atoms with E-state index in [1.807, 2.05) is 0 Å². The molecule has 5 heteroatoms. The molecule has 1 N–H and O–H groups in total. The minimum atomic E-state index is -0.839. The highest BCUT2D eigenvalue weighted by Crippen LogP contribution is 2.36. The molecule has 0 amide bonds. The average Bonchev–Trinajstić information content (AvgIpc) is 2.75. The van der Waals surface area contributed by atoms with Crippen LogP contribution < -0.4 is 0 Å². The summed E-state index contributed by atoms with van der Waals surface area (Å²) in [6.07, 6.45) is 2.43. The fraction of sp³-hybridized carbons (Fsp3) is 0.929. The monoisotopic (exact) mass is 288 g/mol. The zero-order chi connectivity index (χ0) is 14.0. The number of carbonyl (C=O) groups excluding carboxylic acids is 1. The topological polar surface area (TPSA) is 55.8 Å². The van der Waals surface area contributed by atoms with Crippen molar-refractivity contribution in [3.8, 4) is 0 Å². The Morgan fingerprint density at radius 2 is 2.16 bits per heavy atom. The summed E-state index contributed by atoms with van der Waals surface area (Å²) < 4.78 is 10.8. The van der Waals surface area contributed by atoms with Gasteiger partial charge in [-0.05, 0) is 30.6 Å². The summed E-state index contributed by atoms with van der Waals surface area (Å²) in [5, 5.41) is 9.29. The van der Waals surface area contributed by atoms with Gasteiger partial charge in [0.25, 0.3) is 0 Å². The van der Waals surface area contributed by atoms with Crippen LogP contribution in [-0.2, 0) is 14.3 Å². The predicted octanol–water partition coefficient (Wildman–Crippen LogP) is 2.40. The standard InChI is InChI=1S/C14H24O4S/c1-8(2)10-5-4-9(3)6-11(10)17-13(16)14-18-12(15)7-19-14/h8-12,14-15H,4-7H2,1-3H3/t9-,10?,11?,12-,14+/m1/s1. The molecule has 1 saturated carbocycles.